The molecule has 3 aromatic heterocycles. The van der Waals surface area contributed by atoms with Crippen LogP contribution in [-0.4, -0.2) is 19.5 Å². The quantitative estimate of drug-likeness (QED) is 0.164. The Morgan fingerprint density at radius 3 is 1.69 bits per heavy atom. The predicted molar refractivity (Wildman–Crippen MR) is 244 cm³/mol. The Hall–Kier alpha value is -7.47. The third kappa shape index (κ3) is 5.18. The highest BCUT2D eigenvalue weighted by molar-refractivity contribution is 7.25. The Kier molecular flexibility index (Phi) is 7.37. The van der Waals surface area contributed by atoms with E-state index in [1.54, 1.807) is 0 Å². The summed E-state index contributed by atoms with van der Waals surface area (Å²) in [6, 6.07) is 69.2. The number of hydrogen-bond donors (Lipinski definition) is 0. The molecule has 12 aromatic rings. The highest BCUT2D eigenvalue weighted by atomic mass is 32.1. The van der Waals surface area contributed by atoms with Crippen LogP contribution in [0.4, 0.5) is 0 Å². The fraction of sp³-hybridized carbons (Fsp3) is 0. The average Bonchev–Trinajstić information content (AvgIpc) is 3.83. The minimum absolute atomic E-state index is 0.620. The van der Waals surface area contributed by atoms with Crippen molar-refractivity contribution in [3.8, 4) is 51.0 Å². The van der Waals surface area contributed by atoms with Crippen molar-refractivity contribution in [3.63, 3.8) is 0 Å². The lowest BCUT2D eigenvalue weighted by molar-refractivity contribution is 1.07. The normalized spacial score (nSPS) is 11.8. The Morgan fingerprint density at radius 2 is 0.931 bits per heavy atom. The highest BCUT2D eigenvalue weighted by Gasteiger charge is 2.21. The summed E-state index contributed by atoms with van der Waals surface area (Å²) in [5.74, 6) is 1.89. The lowest BCUT2D eigenvalue weighted by Crippen LogP contribution is -2.02. The van der Waals surface area contributed by atoms with Gasteiger partial charge in [0.1, 0.15) is 0 Å². The van der Waals surface area contributed by atoms with Crippen LogP contribution in [0.2, 0.25) is 0 Å². The fourth-order valence-corrected chi connectivity index (χ4v) is 9.88. The molecule has 0 atom stereocenters. The van der Waals surface area contributed by atoms with Crippen molar-refractivity contribution < 1.29 is 0 Å². The Labute approximate surface area is 338 Å². The molecule has 0 amide bonds. The number of rotatable bonds is 5. The van der Waals surface area contributed by atoms with Crippen LogP contribution in [0.25, 0.3) is 115 Å². The minimum atomic E-state index is 0.620. The second kappa shape index (κ2) is 13.1. The SMILES string of the molecule is c1ccc(-c2nc(-c3ccccc3)nc(-c3cc(-n4c5ccccc5c5cc6c(cc54)sc4ccccc46)ccc3-c3cc4ccccc4c4ccccc34)n2)cc1. The van der Waals surface area contributed by atoms with Gasteiger partial charge in [0.05, 0.1) is 11.0 Å². The fourth-order valence-electron chi connectivity index (χ4n) is 8.76. The van der Waals surface area contributed by atoms with E-state index >= 15 is 0 Å². The Morgan fingerprint density at radius 1 is 0.328 bits per heavy atom. The molecule has 0 saturated carbocycles. The molecule has 0 radical (unpaired) electrons. The molecule has 12 rings (SSSR count). The molecule has 3 heterocycles. The Bertz CT molecular complexity index is 3510. The molecule has 9 aromatic carbocycles. The van der Waals surface area contributed by atoms with Gasteiger partial charge in [0.2, 0.25) is 0 Å². The molecule has 4 nitrogen and oxygen atoms in total. The zero-order valence-electron chi connectivity index (χ0n) is 31.2. The van der Waals surface area contributed by atoms with Crippen molar-refractivity contribution in [2.24, 2.45) is 0 Å². The molecule has 0 fully saturated rings. The van der Waals surface area contributed by atoms with Crippen molar-refractivity contribution in [2.45, 2.75) is 0 Å². The molecular formula is C53H32N4S. The first-order valence-electron chi connectivity index (χ1n) is 19.5. The summed E-state index contributed by atoms with van der Waals surface area (Å²) in [4.78, 5) is 15.7. The van der Waals surface area contributed by atoms with Crippen LogP contribution in [0, 0.1) is 0 Å². The van der Waals surface area contributed by atoms with E-state index in [0.717, 1.165) is 39.0 Å². The number of fused-ring (bicyclic) bond motifs is 9. The van der Waals surface area contributed by atoms with Gasteiger partial charge in [0.15, 0.2) is 17.5 Å². The van der Waals surface area contributed by atoms with E-state index in [0.29, 0.717) is 17.5 Å². The maximum atomic E-state index is 5.31. The standard InChI is InChI=1S/C53H32N4S/c1-3-15-33(16-4-1)51-54-52(34-17-5-2-6-18-34)56-53(55-51)46-30-36(27-28-40(46)43-29-35-19-7-8-20-37(35)38-21-9-10-22-39(38)43)57-47-25-13-11-23-41(47)44-31-45-42-24-12-14-26-49(42)58-50(45)32-48(44)57/h1-32H. The van der Waals surface area contributed by atoms with Gasteiger partial charge in [-0.15, -0.1) is 11.3 Å². The molecule has 58 heavy (non-hydrogen) atoms. The molecule has 0 aliphatic heterocycles. The van der Waals surface area contributed by atoms with Gasteiger partial charge in [-0.25, -0.2) is 15.0 Å². The van der Waals surface area contributed by atoms with E-state index in [9.17, 15) is 0 Å². The number of nitrogens with zero attached hydrogens (tertiary/aromatic N) is 4. The van der Waals surface area contributed by atoms with Crippen molar-refractivity contribution in [2.75, 3.05) is 0 Å². The maximum absolute atomic E-state index is 5.31. The number of thiophene rings is 1. The molecule has 0 unspecified atom stereocenters. The van der Waals surface area contributed by atoms with E-state index in [2.05, 4.69) is 162 Å². The van der Waals surface area contributed by atoms with Crippen molar-refractivity contribution in [3.05, 3.63) is 194 Å². The van der Waals surface area contributed by atoms with Crippen molar-refractivity contribution in [1.82, 2.24) is 19.5 Å². The summed E-state index contributed by atoms with van der Waals surface area (Å²) in [6.07, 6.45) is 0. The third-order valence-electron chi connectivity index (χ3n) is 11.4. The lowest BCUT2D eigenvalue weighted by atomic mass is 9.90. The van der Waals surface area contributed by atoms with Crippen LogP contribution in [0.1, 0.15) is 0 Å². The van der Waals surface area contributed by atoms with Gasteiger partial charge < -0.3 is 4.57 Å². The number of aromatic nitrogens is 4. The van der Waals surface area contributed by atoms with Gasteiger partial charge in [-0.3, -0.25) is 0 Å². The monoisotopic (exact) mass is 756 g/mol. The zero-order valence-corrected chi connectivity index (χ0v) is 32.0. The number of benzene rings is 9. The highest BCUT2D eigenvalue weighted by Crippen LogP contribution is 2.44. The minimum Gasteiger partial charge on any atom is -0.309 e. The summed E-state index contributed by atoms with van der Waals surface area (Å²) >= 11 is 1.85. The first-order valence-corrected chi connectivity index (χ1v) is 20.3. The maximum Gasteiger partial charge on any atom is 0.164 e. The van der Waals surface area contributed by atoms with Crippen LogP contribution in [0.5, 0.6) is 0 Å². The molecule has 270 valence electrons. The van der Waals surface area contributed by atoms with Gasteiger partial charge in [0, 0.05) is 53.3 Å². The van der Waals surface area contributed by atoms with E-state index < -0.39 is 0 Å². The lowest BCUT2D eigenvalue weighted by Gasteiger charge is -2.17. The second-order valence-corrected chi connectivity index (χ2v) is 15.9. The largest absolute Gasteiger partial charge is 0.309 e. The smallest absolute Gasteiger partial charge is 0.164 e. The third-order valence-corrected chi connectivity index (χ3v) is 12.6. The van der Waals surface area contributed by atoms with Crippen LogP contribution < -0.4 is 0 Å². The van der Waals surface area contributed by atoms with Gasteiger partial charge in [-0.1, -0.05) is 152 Å². The average molecular weight is 757 g/mol. The summed E-state index contributed by atoms with van der Waals surface area (Å²) < 4.78 is 4.99. The van der Waals surface area contributed by atoms with Gasteiger partial charge in [0.25, 0.3) is 0 Å². The first kappa shape index (κ1) is 32.7. The summed E-state index contributed by atoms with van der Waals surface area (Å²) in [5.41, 5.74) is 8.36. The molecule has 5 heteroatoms. The summed E-state index contributed by atoms with van der Waals surface area (Å²) in [6.45, 7) is 0. The second-order valence-electron chi connectivity index (χ2n) is 14.8. The molecule has 0 bridgehead atoms. The van der Waals surface area contributed by atoms with Crippen LogP contribution in [-0.2, 0) is 0 Å². The molecule has 0 aliphatic rings. The van der Waals surface area contributed by atoms with E-state index in [4.69, 9.17) is 15.0 Å². The van der Waals surface area contributed by atoms with Gasteiger partial charge in [-0.05, 0) is 75.1 Å². The van der Waals surface area contributed by atoms with Crippen LogP contribution in [0.3, 0.4) is 0 Å². The first-order chi connectivity index (χ1) is 28.7. The summed E-state index contributed by atoms with van der Waals surface area (Å²) in [5, 5.41) is 9.86. The topological polar surface area (TPSA) is 43.6 Å². The Balaban J connectivity index is 1.18. The van der Waals surface area contributed by atoms with Crippen molar-refractivity contribution in [1.29, 1.82) is 0 Å². The molecular weight excluding hydrogens is 725 g/mol. The number of hydrogen-bond acceptors (Lipinski definition) is 4. The van der Waals surface area contributed by atoms with E-state index in [1.165, 1.54) is 58.0 Å². The zero-order chi connectivity index (χ0) is 38.2. The van der Waals surface area contributed by atoms with Crippen LogP contribution >= 0.6 is 11.3 Å². The van der Waals surface area contributed by atoms with Crippen LogP contribution in [0.15, 0.2) is 194 Å². The van der Waals surface area contributed by atoms with E-state index in [1.807, 2.05) is 47.7 Å². The molecule has 0 N–H and O–H groups in total. The van der Waals surface area contributed by atoms with E-state index in [-0.39, 0.29) is 0 Å². The summed E-state index contributed by atoms with van der Waals surface area (Å²) in [7, 11) is 0. The molecule has 0 spiro atoms. The van der Waals surface area contributed by atoms with Crippen molar-refractivity contribution >= 4 is 74.9 Å². The molecule has 0 saturated heterocycles. The predicted octanol–water partition coefficient (Wildman–Crippen LogP) is 14.3. The molecule has 0 aliphatic carbocycles. The van der Waals surface area contributed by atoms with Gasteiger partial charge in [-0.2, -0.15) is 0 Å². The van der Waals surface area contributed by atoms with Gasteiger partial charge >= 0.3 is 0 Å². The number of para-hydroxylation sites is 1.